The van der Waals surface area contributed by atoms with Crippen molar-refractivity contribution in [1.82, 2.24) is 0 Å². The first kappa shape index (κ1) is 16.7. The van der Waals surface area contributed by atoms with Gasteiger partial charge in [-0.15, -0.1) is 0 Å². The van der Waals surface area contributed by atoms with Crippen LogP contribution in [0.25, 0.3) is 0 Å². The maximum absolute atomic E-state index is 11.9. The second-order valence-electron chi connectivity index (χ2n) is 5.25. The zero-order valence-electron chi connectivity index (χ0n) is 12.6. The monoisotopic (exact) mass is 278 g/mol. The Labute approximate surface area is 122 Å². The van der Waals surface area contributed by atoms with Crippen LogP contribution >= 0.6 is 0 Å². The zero-order valence-corrected chi connectivity index (χ0v) is 12.6. The van der Waals surface area contributed by atoms with Crippen LogP contribution in [0.15, 0.2) is 30.3 Å². The van der Waals surface area contributed by atoms with Gasteiger partial charge in [0.25, 0.3) is 0 Å². The Bertz CT molecular complexity index is 388. The molecule has 1 unspecified atom stereocenters. The quantitative estimate of drug-likeness (QED) is 0.552. The van der Waals surface area contributed by atoms with Gasteiger partial charge in [-0.05, 0) is 18.4 Å². The summed E-state index contributed by atoms with van der Waals surface area (Å²) in [5.74, 6) is -0.319. The van der Waals surface area contributed by atoms with E-state index in [-0.39, 0.29) is 12.4 Å². The largest absolute Gasteiger partial charge is 0.466 e. The maximum Gasteiger partial charge on any atom is 0.309 e. The summed E-state index contributed by atoms with van der Waals surface area (Å²) in [6, 6.07) is 9.41. The van der Waals surface area contributed by atoms with Crippen molar-refractivity contribution in [3.8, 4) is 0 Å². The average Bonchev–Trinajstić information content (AvgIpc) is 2.46. The average molecular weight is 278 g/mol. The Morgan fingerprint density at radius 1 is 1.15 bits per heavy atom. The molecule has 1 aromatic carbocycles. The minimum absolute atomic E-state index is 0.0285. The van der Waals surface area contributed by atoms with Crippen LogP contribution < -0.4 is 0 Å². The third kappa shape index (κ3) is 5.33. The van der Waals surface area contributed by atoms with Crippen molar-refractivity contribution in [2.75, 3.05) is 6.61 Å². The summed E-state index contributed by atoms with van der Waals surface area (Å²) < 4.78 is 5.18. The molecule has 0 amide bonds. The number of carbonyl (C=O) groups excluding carboxylic acids is 1. The molecule has 0 aliphatic rings. The number of esters is 1. The fourth-order valence-electron chi connectivity index (χ4n) is 2.17. The highest BCUT2D eigenvalue weighted by Gasteiger charge is 2.32. The number of rotatable bonds is 9. The first-order chi connectivity index (χ1) is 9.62. The molecule has 1 atom stereocenters. The molecule has 0 fully saturated rings. The molecule has 1 aromatic rings. The van der Waals surface area contributed by atoms with Gasteiger partial charge in [-0.1, -0.05) is 63.4 Å². The van der Waals surface area contributed by atoms with E-state index in [2.05, 4.69) is 13.8 Å². The highest BCUT2D eigenvalue weighted by Crippen LogP contribution is 2.31. The molecule has 1 N–H and O–H groups in total. The molecule has 20 heavy (non-hydrogen) atoms. The van der Waals surface area contributed by atoms with Crippen LogP contribution in [0.4, 0.5) is 0 Å². The van der Waals surface area contributed by atoms with Crippen molar-refractivity contribution in [3.63, 3.8) is 0 Å². The van der Waals surface area contributed by atoms with Crippen LogP contribution in [-0.2, 0) is 15.1 Å². The first-order valence-corrected chi connectivity index (χ1v) is 7.56. The molecule has 0 aromatic heterocycles. The standard InChI is InChI=1S/C17H26O3/c1-3-5-12-17(19,15-10-8-7-9-11-15)14-16(18)20-13-6-4-2/h7-11,19H,3-6,12-14H2,1-2H3. The predicted molar refractivity (Wildman–Crippen MR) is 80.3 cm³/mol. The molecule has 0 aliphatic heterocycles. The van der Waals surface area contributed by atoms with Gasteiger partial charge in [-0.25, -0.2) is 0 Å². The Morgan fingerprint density at radius 3 is 2.40 bits per heavy atom. The van der Waals surface area contributed by atoms with Gasteiger partial charge in [0.15, 0.2) is 0 Å². The van der Waals surface area contributed by atoms with Crippen LogP contribution in [0.5, 0.6) is 0 Å². The SMILES string of the molecule is CCCCOC(=O)CC(O)(CCCC)c1ccccc1. The number of aliphatic hydroxyl groups is 1. The summed E-state index contributed by atoms with van der Waals surface area (Å²) in [7, 11) is 0. The van der Waals surface area contributed by atoms with Crippen LogP contribution in [0.1, 0.15) is 57.9 Å². The van der Waals surface area contributed by atoms with Gasteiger partial charge in [0.05, 0.1) is 13.0 Å². The number of hydrogen-bond acceptors (Lipinski definition) is 3. The molecule has 3 heteroatoms. The maximum atomic E-state index is 11.9. The van der Waals surface area contributed by atoms with Crippen molar-refractivity contribution in [1.29, 1.82) is 0 Å². The number of carbonyl (C=O) groups is 1. The third-order valence-corrected chi connectivity index (χ3v) is 3.45. The molecule has 0 saturated heterocycles. The summed E-state index contributed by atoms with van der Waals surface area (Å²) in [4.78, 5) is 11.9. The molecular weight excluding hydrogens is 252 g/mol. The molecule has 112 valence electrons. The van der Waals surface area contributed by atoms with E-state index in [0.717, 1.165) is 31.2 Å². The Morgan fingerprint density at radius 2 is 1.80 bits per heavy atom. The number of benzene rings is 1. The minimum Gasteiger partial charge on any atom is -0.466 e. The number of ether oxygens (including phenoxy) is 1. The smallest absolute Gasteiger partial charge is 0.309 e. The summed E-state index contributed by atoms with van der Waals surface area (Å²) >= 11 is 0. The van der Waals surface area contributed by atoms with Crippen LogP contribution in [-0.4, -0.2) is 17.7 Å². The lowest BCUT2D eigenvalue weighted by Crippen LogP contribution is -2.30. The summed E-state index contributed by atoms with van der Waals surface area (Å²) in [6.45, 7) is 4.56. The van der Waals surface area contributed by atoms with Gasteiger partial charge >= 0.3 is 5.97 Å². The third-order valence-electron chi connectivity index (χ3n) is 3.45. The normalized spacial score (nSPS) is 13.8. The summed E-state index contributed by atoms with van der Waals surface area (Å²) in [5.41, 5.74) is -0.318. The molecule has 0 radical (unpaired) electrons. The van der Waals surface area contributed by atoms with Crippen molar-refractivity contribution in [3.05, 3.63) is 35.9 Å². The Balaban J connectivity index is 2.71. The van der Waals surface area contributed by atoms with Crippen LogP contribution in [0, 0.1) is 0 Å². The van der Waals surface area contributed by atoms with Crippen LogP contribution in [0.2, 0.25) is 0 Å². The predicted octanol–water partition coefficient (Wildman–Crippen LogP) is 3.80. The van der Waals surface area contributed by atoms with Gasteiger partial charge in [-0.3, -0.25) is 4.79 Å². The van der Waals surface area contributed by atoms with Crippen molar-refractivity contribution >= 4 is 5.97 Å². The molecular formula is C17H26O3. The van der Waals surface area contributed by atoms with Crippen LogP contribution in [0.3, 0.4) is 0 Å². The van der Waals surface area contributed by atoms with E-state index < -0.39 is 5.60 Å². The molecule has 1 rings (SSSR count). The van der Waals surface area contributed by atoms with Gasteiger partial charge in [0.1, 0.15) is 5.60 Å². The van der Waals surface area contributed by atoms with Gasteiger partial charge in [0.2, 0.25) is 0 Å². The molecule has 0 saturated carbocycles. The van der Waals surface area contributed by atoms with Gasteiger partial charge in [0, 0.05) is 0 Å². The fourth-order valence-corrected chi connectivity index (χ4v) is 2.17. The highest BCUT2D eigenvalue weighted by molar-refractivity contribution is 5.71. The Hall–Kier alpha value is -1.35. The Kier molecular flexibility index (Phi) is 7.31. The summed E-state index contributed by atoms with van der Waals surface area (Å²) in [6.07, 6.45) is 4.33. The number of hydrogen-bond donors (Lipinski definition) is 1. The second-order valence-corrected chi connectivity index (χ2v) is 5.25. The molecule has 3 nitrogen and oxygen atoms in total. The van der Waals surface area contributed by atoms with Gasteiger partial charge < -0.3 is 9.84 Å². The molecule has 0 aliphatic carbocycles. The molecule has 0 spiro atoms. The van der Waals surface area contributed by atoms with Crippen molar-refractivity contribution in [2.45, 2.75) is 58.0 Å². The van der Waals surface area contributed by atoms with E-state index in [4.69, 9.17) is 4.74 Å². The van der Waals surface area contributed by atoms with E-state index in [1.54, 1.807) is 0 Å². The first-order valence-electron chi connectivity index (χ1n) is 7.56. The van der Waals surface area contributed by atoms with E-state index in [0.29, 0.717) is 13.0 Å². The van der Waals surface area contributed by atoms with E-state index in [1.165, 1.54) is 0 Å². The van der Waals surface area contributed by atoms with Crippen molar-refractivity contribution < 1.29 is 14.6 Å². The van der Waals surface area contributed by atoms with Gasteiger partial charge in [-0.2, -0.15) is 0 Å². The lowest BCUT2D eigenvalue weighted by Gasteiger charge is -2.27. The van der Waals surface area contributed by atoms with Crippen molar-refractivity contribution in [2.24, 2.45) is 0 Å². The lowest BCUT2D eigenvalue weighted by atomic mass is 9.85. The second kappa shape index (κ2) is 8.75. The fraction of sp³-hybridized carbons (Fsp3) is 0.588. The molecule has 0 heterocycles. The zero-order chi connectivity index (χ0) is 14.8. The lowest BCUT2D eigenvalue weighted by molar-refractivity contribution is -0.150. The van der Waals surface area contributed by atoms with E-state index >= 15 is 0 Å². The van der Waals surface area contributed by atoms with E-state index in [9.17, 15) is 9.90 Å². The summed E-state index contributed by atoms with van der Waals surface area (Å²) in [5, 5.41) is 10.8. The topological polar surface area (TPSA) is 46.5 Å². The molecule has 0 bridgehead atoms. The minimum atomic E-state index is -1.11. The highest BCUT2D eigenvalue weighted by atomic mass is 16.5. The number of unbranched alkanes of at least 4 members (excludes halogenated alkanes) is 2. The van der Waals surface area contributed by atoms with E-state index in [1.807, 2.05) is 30.3 Å².